The average Bonchev–Trinajstić information content (AvgIpc) is 2.14. The van der Waals surface area contributed by atoms with E-state index >= 15 is 0 Å². The Morgan fingerprint density at radius 1 is 1.38 bits per heavy atom. The molecule has 0 aliphatic rings. The van der Waals surface area contributed by atoms with Crippen molar-refractivity contribution < 1.29 is 17.9 Å². The highest BCUT2D eigenvalue weighted by molar-refractivity contribution is 9.10. The molecule has 0 amide bonds. The SMILES string of the molecule is NCC=Cc1ccc(OC(F)(F)F)cc1Br. The third-order valence-corrected chi connectivity index (χ3v) is 2.33. The fourth-order valence-electron chi connectivity index (χ4n) is 1.04. The van der Waals surface area contributed by atoms with Crippen LogP contribution in [0.4, 0.5) is 13.2 Å². The average molecular weight is 296 g/mol. The Labute approximate surface area is 99.0 Å². The van der Waals surface area contributed by atoms with Crippen molar-refractivity contribution in [1.82, 2.24) is 0 Å². The lowest BCUT2D eigenvalue weighted by Crippen LogP contribution is -2.17. The lowest BCUT2D eigenvalue weighted by molar-refractivity contribution is -0.274. The summed E-state index contributed by atoms with van der Waals surface area (Å²) in [6.45, 7) is 0.368. The van der Waals surface area contributed by atoms with Gasteiger partial charge in [0, 0.05) is 11.0 Å². The second-order valence-electron chi connectivity index (χ2n) is 2.87. The monoisotopic (exact) mass is 295 g/mol. The quantitative estimate of drug-likeness (QED) is 0.928. The highest BCUT2D eigenvalue weighted by atomic mass is 79.9. The highest BCUT2D eigenvalue weighted by Crippen LogP contribution is 2.28. The first-order valence-electron chi connectivity index (χ1n) is 4.34. The lowest BCUT2D eigenvalue weighted by atomic mass is 10.2. The van der Waals surface area contributed by atoms with Crippen LogP contribution in [0.3, 0.4) is 0 Å². The summed E-state index contributed by atoms with van der Waals surface area (Å²) in [7, 11) is 0. The maximum atomic E-state index is 11.9. The first-order chi connectivity index (χ1) is 7.42. The van der Waals surface area contributed by atoms with Crippen molar-refractivity contribution in [2.45, 2.75) is 6.36 Å². The molecule has 1 aromatic carbocycles. The van der Waals surface area contributed by atoms with Crippen LogP contribution in [0.5, 0.6) is 5.75 Å². The summed E-state index contributed by atoms with van der Waals surface area (Å²) in [6.07, 6.45) is -1.26. The second-order valence-corrected chi connectivity index (χ2v) is 3.72. The van der Waals surface area contributed by atoms with Gasteiger partial charge in [-0.3, -0.25) is 0 Å². The Morgan fingerprint density at radius 3 is 2.56 bits per heavy atom. The number of nitrogens with two attached hydrogens (primary N) is 1. The van der Waals surface area contributed by atoms with Crippen molar-refractivity contribution >= 4 is 22.0 Å². The number of hydrogen-bond acceptors (Lipinski definition) is 2. The zero-order valence-corrected chi connectivity index (χ0v) is 9.68. The van der Waals surface area contributed by atoms with Crippen molar-refractivity contribution in [3.63, 3.8) is 0 Å². The molecule has 0 bridgehead atoms. The first kappa shape index (κ1) is 13.1. The van der Waals surface area contributed by atoms with Crippen molar-refractivity contribution in [2.75, 3.05) is 6.54 Å². The van der Waals surface area contributed by atoms with Crippen LogP contribution in [0.2, 0.25) is 0 Å². The maximum absolute atomic E-state index is 11.9. The predicted octanol–water partition coefficient (Wildman–Crippen LogP) is 3.32. The van der Waals surface area contributed by atoms with E-state index in [9.17, 15) is 13.2 Å². The van der Waals surface area contributed by atoms with E-state index in [1.807, 2.05) is 0 Å². The second kappa shape index (κ2) is 5.36. The van der Waals surface area contributed by atoms with Gasteiger partial charge in [-0.2, -0.15) is 0 Å². The van der Waals surface area contributed by atoms with Gasteiger partial charge in [-0.25, -0.2) is 0 Å². The van der Waals surface area contributed by atoms with Gasteiger partial charge in [0.1, 0.15) is 5.75 Å². The van der Waals surface area contributed by atoms with Gasteiger partial charge in [0.2, 0.25) is 0 Å². The van der Waals surface area contributed by atoms with Gasteiger partial charge in [-0.05, 0) is 17.7 Å². The third kappa shape index (κ3) is 4.24. The molecule has 1 aromatic rings. The first-order valence-corrected chi connectivity index (χ1v) is 5.13. The van der Waals surface area contributed by atoms with Crippen molar-refractivity contribution in [3.8, 4) is 5.75 Å². The minimum absolute atomic E-state index is 0.260. The van der Waals surface area contributed by atoms with Crippen molar-refractivity contribution in [2.24, 2.45) is 5.73 Å². The number of rotatable bonds is 3. The van der Waals surface area contributed by atoms with Crippen LogP contribution in [0.25, 0.3) is 6.08 Å². The van der Waals surface area contributed by atoms with Crippen LogP contribution in [-0.2, 0) is 0 Å². The van der Waals surface area contributed by atoms with Gasteiger partial charge >= 0.3 is 6.36 Å². The lowest BCUT2D eigenvalue weighted by Gasteiger charge is -2.09. The number of halogens is 4. The normalized spacial score (nSPS) is 12.1. The zero-order chi connectivity index (χ0) is 12.2. The molecular weight excluding hydrogens is 287 g/mol. The zero-order valence-electron chi connectivity index (χ0n) is 8.09. The summed E-state index contributed by atoms with van der Waals surface area (Å²) in [5, 5.41) is 0. The fourth-order valence-corrected chi connectivity index (χ4v) is 1.53. The molecule has 6 heteroatoms. The summed E-state index contributed by atoms with van der Waals surface area (Å²) in [4.78, 5) is 0. The Hall–Kier alpha value is -1.01. The Morgan fingerprint density at radius 2 is 2.06 bits per heavy atom. The summed E-state index contributed by atoms with van der Waals surface area (Å²) in [6, 6.07) is 4.01. The Balaban J connectivity index is 2.87. The largest absolute Gasteiger partial charge is 0.573 e. The molecule has 0 heterocycles. The molecule has 0 aliphatic carbocycles. The summed E-state index contributed by atoms with van der Waals surface area (Å²) >= 11 is 3.15. The molecule has 0 radical (unpaired) electrons. The van der Waals surface area contributed by atoms with E-state index in [4.69, 9.17) is 5.73 Å². The van der Waals surface area contributed by atoms with Gasteiger partial charge in [0.15, 0.2) is 0 Å². The minimum atomic E-state index is -4.67. The number of hydrogen-bond donors (Lipinski definition) is 1. The van der Waals surface area contributed by atoms with Crippen LogP contribution in [0.1, 0.15) is 5.56 Å². The van der Waals surface area contributed by atoms with Gasteiger partial charge in [0.05, 0.1) is 0 Å². The summed E-state index contributed by atoms with van der Waals surface area (Å²) in [5.41, 5.74) is 6.00. The van der Waals surface area contributed by atoms with E-state index in [-0.39, 0.29) is 5.75 Å². The van der Waals surface area contributed by atoms with Gasteiger partial charge in [-0.1, -0.05) is 34.1 Å². The third-order valence-electron chi connectivity index (χ3n) is 1.64. The van der Waals surface area contributed by atoms with E-state index in [1.165, 1.54) is 18.2 Å². The van der Waals surface area contributed by atoms with Crippen molar-refractivity contribution in [3.05, 3.63) is 34.3 Å². The number of ether oxygens (including phenoxy) is 1. The minimum Gasteiger partial charge on any atom is -0.406 e. The Kier molecular flexibility index (Phi) is 4.37. The standard InChI is InChI=1S/C10H9BrF3NO/c11-9-6-8(16-10(12,13)14)4-3-7(9)2-1-5-15/h1-4,6H,5,15H2. The molecule has 0 fully saturated rings. The molecule has 0 spiro atoms. The number of alkyl halides is 3. The van der Waals surface area contributed by atoms with Crippen LogP contribution < -0.4 is 10.5 Å². The molecule has 2 N–H and O–H groups in total. The molecule has 1 rings (SSSR count). The van der Waals surface area contributed by atoms with Crippen molar-refractivity contribution in [1.29, 1.82) is 0 Å². The van der Waals surface area contributed by atoms with Crippen LogP contribution in [-0.4, -0.2) is 12.9 Å². The van der Waals surface area contributed by atoms with Gasteiger partial charge < -0.3 is 10.5 Å². The molecule has 0 atom stereocenters. The molecule has 2 nitrogen and oxygen atoms in total. The smallest absolute Gasteiger partial charge is 0.406 e. The Bertz CT molecular complexity index is 390. The van der Waals surface area contributed by atoms with Gasteiger partial charge in [0.25, 0.3) is 0 Å². The van der Waals surface area contributed by atoms with E-state index < -0.39 is 6.36 Å². The molecule has 0 saturated carbocycles. The topological polar surface area (TPSA) is 35.2 Å². The van der Waals surface area contributed by atoms with E-state index in [0.29, 0.717) is 11.0 Å². The molecular formula is C10H9BrF3NO. The van der Waals surface area contributed by atoms with Crippen LogP contribution in [0, 0.1) is 0 Å². The van der Waals surface area contributed by atoms with Crippen LogP contribution in [0.15, 0.2) is 28.7 Å². The fraction of sp³-hybridized carbons (Fsp3) is 0.200. The van der Waals surface area contributed by atoms with Crippen LogP contribution >= 0.6 is 15.9 Å². The molecule has 16 heavy (non-hydrogen) atoms. The molecule has 0 aliphatic heterocycles. The maximum Gasteiger partial charge on any atom is 0.573 e. The molecule has 0 saturated heterocycles. The summed E-state index contributed by atoms with van der Waals surface area (Å²) in [5.74, 6) is -0.260. The summed E-state index contributed by atoms with van der Waals surface area (Å²) < 4.78 is 40.0. The van der Waals surface area contributed by atoms with E-state index in [0.717, 1.165) is 5.56 Å². The number of benzene rings is 1. The van der Waals surface area contributed by atoms with E-state index in [1.54, 1.807) is 12.2 Å². The molecule has 0 aromatic heterocycles. The van der Waals surface area contributed by atoms with Gasteiger partial charge in [-0.15, -0.1) is 13.2 Å². The predicted molar refractivity (Wildman–Crippen MR) is 58.9 cm³/mol. The molecule has 88 valence electrons. The highest BCUT2D eigenvalue weighted by Gasteiger charge is 2.31. The molecule has 0 unspecified atom stereocenters. The van der Waals surface area contributed by atoms with E-state index in [2.05, 4.69) is 20.7 Å².